The predicted molar refractivity (Wildman–Crippen MR) is 91.6 cm³/mol. The van der Waals surface area contributed by atoms with Crippen LogP contribution in [0.4, 0.5) is 8.78 Å². The van der Waals surface area contributed by atoms with Crippen LogP contribution < -0.4 is 20.1 Å². The van der Waals surface area contributed by atoms with E-state index in [1.165, 1.54) is 25.3 Å². The van der Waals surface area contributed by atoms with Gasteiger partial charge in [0.15, 0.2) is 11.5 Å². The summed E-state index contributed by atoms with van der Waals surface area (Å²) in [6.45, 7) is -0.695. The summed E-state index contributed by atoms with van der Waals surface area (Å²) in [4.78, 5) is 25.2. The summed E-state index contributed by atoms with van der Waals surface area (Å²) >= 11 is 0. The van der Waals surface area contributed by atoms with Crippen molar-refractivity contribution in [3.63, 3.8) is 0 Å². The van der Waals surface area contributed by atoms with Gasteiger partial charge in [0.2, 0.25) is 5.91 Å². The third kappa shape index (κ3) is 4.62. The zero-order chi connectivity index (χ0) is 19.2. The van der Waals surface area contributed by atoms with Crippen LogP contribution in [0.5, 0.6) is 11.5 Å². The molecule has 0 radical (unpaired) electrons. The molecule has 1 fully saturated rings. The van der Waals surface area contributed by atoms with Gasteiger partial charge in [-0.05, 0) is 38.0 Å². The molecule has 1 aromatic carbocycles. The monoisotopic (exact) mass is 370 g/mol. The second-order valence-electron chi connectivity index (χ2n) is 6.20. The second kappa shape index (κ2) is 8.82. The number of methoxy groups -OCH3 is 1. The van der Waals surface area contributed by atoms with E-state index in [1.54, 1.807) is 0 Å². The molecule has 0 heterocycles. The third-order valence-electron chi connectivity index (χ3n) is 4.47. The van der Waals surface area contributed by atoms with Gasteiger partial charge in [-0.1, -0.05) is 19.3 Å². The highest BCUT2D eigenvalue weighted by atomic mass is 19.3. The number of carbonyl (C=O) groups is 2. The SMILES string of the molecule is CCNC(=O)C1(NC(=O)c2ccc(OC(F)F)c(OC)c2)CCCCC1. The summed E-state index contributed by atoms with van der Waals surface area (Å²) < 4.78 is 34.2. The lowest BCUT2D eigenvalue weighted by atomic mass is 9.80. The van der Waals surface area contributed by atoms with Crippen LogP contribution in [0.15, 0.2) is 18.2 Å². The first-order chi connectivity index (χ1) is 12.4. The minimum absolute atomic E-state index is 0.0219. The molecule has 2 rings (SSSR count). The first-order valence-electron chi connectivity index (χ1n) is 8.65. The Balaban J connectivity index is 2.22. The van der Waals surface area contributed by atoms with E-state index < -0.39 is 18.1 Å². The number of rotatable bonds is 7. The maximum atomic E-state index is 12.7. The fourth-order valence-electron chi connectivity index (χ4n) is 3.19. The second-order valence-corrected chi connectivity index (χ2v) is 6.20. The van der Waals surface area contributed by atoms with Gasteiger partial charge in [0.25, 0.3) is 5.91 Å². The van der Waals surface area contributed by atoms with Gasteiger partial charge >= 0.3 is 6.61 Å². The minimum Gasteiger partial charge on any atom is -0.493 e. The van der Waals surface area contributed by atoms with E-state index in [0.29, 0.717) is 19.4 Å². The Morgan fingerprint density at radius 1 is 1.19 bits per heavy atom. The molecule has 0 aromatic heterocycles. The van der Waals surface area contributed by atoms with E-state index in [4.69, 9.17) is 4.74 Å². The van der Waals surface area contributed by atoms with Gasteiger partial charge in [-0.25, -0.2) is 0 Å². The number of benzene rings is 1. The number of likely N-dealkylation sites (N-methyl/N-ethyl adjacent to an activating group) is 1. The van der Waals surface area contributed by atoms with E-state index in [1.807, 2.05) is 6.92 Å². The Hall–Kier alpha value is -2.38. The fourth-order valence-corrected chi connectivity index (χ4v) is 3.19. The molecule has 0 unspecified atom stereocenters. The largest absolute Gasteiger partial charge is 0.493 e. The van der Waals surface area contributed by atoms with Crippen molar-refractivity contribution in [3.8, 4) is 11.5 Å². The fraction of sp³-hybridized carbons (Fsp3) is 0.556. The van der Waals surface area contributed by atoms with Crippen molar-refractivity contribution in [2.75, 3.05) is 13.7 Å². The molecule has 26 heavy (non-hydrogen) atoms. The molecule has 144 valence electrons. The van der Waals surface area contributed by atoms with Gasteiger partial charge in [-0.2, -0.15) is 8.78 Å². The van der Waals surface area contributed by atoms with Crippen LogP contribution in [-0.4, -0.2) is 37.6 Å². The molecule has 0 atom stereocenters. The minimum atomic E-state index is -2.99. The van der Waals surface area contributed by atoms with Crippen molar-refractivity contribution in [2.45, 2.75) is 51.2 Å². The molecule has 2 N–H and O–H groups in total. The van der Waals surface area contributed by atoms with Crippen molar-refractivity contribution < 1.29 is 27.8 Å². The molecule has 0 saturated heterocycles. The highest BCUT2D eigenvalue weighted by Gasteiger charge is 2.40. The van der Waals surface area contributed by atoms with Crippen LogP contribution in [0, 0.1) is 0 Å². The molecule has 0 spiro atoms. The van der Waals surface area contributed by atoms with Crippen LogP contribution in [0.2, 0.25) is 0 Å². The Morgan fingerprint density at radius 2 is 1.88 bits per heavy atom. The number of carbonyl (C=O) groups excluding carboxylic acids is 2. The highest BCUT2D eigenvalue weighted by Crippen LogP contribution is 2.31. The zero-order valence-corrected chi connectivity index (χ0v) is 14.9. The van der Waals surface area contributed by atoms with E-state index >= 15 is 0 Å². The Labute approximate surface area is 151 Å². The van der Waals surface area contributed by atoms with E-state index in [0.717, 1.165) is 19.3 Å². The van der Waals surface area contributed by atoms with Crippen LogP contribution in [0.25, 0.3) is 0 Å². The molecule has 1 aliphatic carbocycles. The molecule has 1 saturated carbocycles. The van der Waals surface area contributed by atoms with Gasteiger partial charge < -0.3 is 20.1 Å². The first-order valence-corrected chi connectivity index (χ1v) is 8.65. The number of alkyl halides is 2. The van der Waals surface area contributed by atoms with Crippen molar-refractivity contribution in [2.24, 2.45) is 0 Å². The van der Waals surface area contributed by atoms with Gasteiger partial charge in [-0.3, -0.25) is 9.59 Å². The molecule has 6 nitrogen and oxygen atoms in total. The summed E-state index contributed by atoms with van der Waals surface area (Å²) in [6.07, 6.45) is 3.84. The maximum Gasteiger partial charge on any atom is 0.387 e. The van der Waals surface area contributed by atoms with Crippen molar-refractivity contribution in [1.82, 2.24) is 10.6 Å². The number of nitrogens with one attached hydrogen (secondary N) is 2. The predicted octanol–water partition coefficient (Wildman–Crippen LogP) is 2.87. The molecule has 8 heteroatoms. The van der Waals surface area contributed by atoms with E-state index in [9.17, 15) is 18.4 Å². The Bertz CT molecular complexity index is 646. The molecule has 1 aliphatic rings. The molecular formula is C18H24F2N2O4. The van der Waals surface area contributed by atoms with Crippen molar-refractivity contribution >= 4 is 11.8 Å². The summed E-state index contributed by atoms with van der Waals surface area (Å²) in [6, 6.07) is 3.94. The van der Waals surface area contributed by atoms with Crippen molar-refractivity contribution in [1.29, 1.82) is 0 Å². The third-order valence-corrected chi connectivity index (χ3v) is 4.47. The molecule has 2 amide bonds. The summed E-state index contributed by atoms with van der Waals surface area (Å²) in [5, 5.41) is 5.63. The molecule has 0 bridgehead atoms. The standard InChI is InChI=1S/C18H24F2N2O4/c1-3-21-16(24)18(9-5-4-6-10-18)22-15(23)12-7-8-13(26-17(19)20)14(11-12)25-2/h7-8,11,17H,3-6,9-10H2,1-2H3,(H,21,24)(H,22,23). The van der Waals surface area contributed by atoms with E-state index in [-0.39, 0.29) is 23.0 Å². The number of amides is 2. The van der Waals surface area contributed by atoms with Gasteiger partial charge in [0.1, 0.15) is 5.54 Å². The Kier molecular flexibility index (Phi) is 6.76. The van der Waals surface area contributed by atoms with Crippen LogP contribution >= 0.6 is 0 Å². The van der Waals surface area contributed by atoms with E-state index in [2.05, 4.69) is 15.4 Å². The van der Waals surface area contributed by atoms with Crippen LogP contribution in [0.3, 0.4) is 0 Å². The summed E-state index contributed by atoms with van der Waals surface area (Å²) in [7, 11) is 1.30. The van der Waals surface area contributed by atoms with Crippen molar-refractivity contribution in [3.05, 3.63) is 23.8 Å². The first kappa shape index (κ1) is 19.9. The molecule has 1 aromatic rings. The van der Waals surface area contributed by atoms with Crippen LogP contribution in [0.1, 0.15) is 49.4 Å². The number of ether oxygens (including phenoxy) is 2. The quantitative estimate of drug-likeness (QED) is 0.774. The number of hydrogen-bond donors (Lipinski definition) is 2. The summed E-state index contributed by atoms with van der Waals surface area (Å²) in [5.74, 6) is -0.790. The highest BCUT2D eigenvalue weighted by molar-refractivity contribution is 5.99. The normalized spacial score (nSPS) is 16.0. The topological polar surface area (TPSA) is 76.7 Å². The summed E-state index contributed by atoms with van der Waals surface area (Å²) in [5.41, 5.74) is -0.741. The number of hydrogen-bond acceptors (Lipinski definition) is 4. The van der Waals surface area contributed by atoms with Gasteiger partial charge in [-0.15, -0.1) is 0 Å². The smallest absolute Gasteiger partial charge is 0.387 e. The molecular weight excluding hydrogens is 346 g/mol. The van der Waals surface area contributed by atoms with Gasteiger partial charge in [0, 0.05) is 12.1 Å². The number of halogens is 2. The average Bonchev–Trinajstić information content (AvgIpc) is 2.62. The zero-order valence-electron chi connectivity index (χ0n) is 14.9. The Morgan fingerprint density at radius 3 is 2.46 bits per heavy atom. The van der Waals surface area contributed by atoms with Crippen LogP contribution in [-0.2, 0) is 4.79 Å². The maximum absolute atomic E-state index is 12.7. The molecule has 0 aliphatic heterocycles. The average molecular weight is 370 g/mol. The lowest BCUT2D eigenvalue weighted by molar-refractivity contribution is -0.128. The lowest BCUT2D eigenvalue weighted by Gasteiger charge is -2.36. The lowest BCUT2D eigenvalue weighted by Crippen LogP contribution is -2.59. The van der Waals surface area contributed by atoms with Gasteiger partial charge in [0.05, 0.1) is 7.11 Å².